The standard InChI is InChI=1S/C17H12N2OS/c18-10-12-5-7-13(8-6-12)16(20)11-21-17-9-14-3-1-2-4-15(14)19-17/h1-9,19H,11H2. The molecule has 0 atom stereocenters. The smallest absolute Gasteiger partial charge is 0.173 e. The number of aromatic nitrogens is 1. The van der Waals surface area contributed by atoms with E-state index >= 15 is 0 Å². The molecule has 0 aliphatic rings. The van der Waals surface area contributed by atoms with Crippen molar-refractivity contribution in [1.82, 2.24) is 4.98 Å². The van der Waals surface area contributed by atoms with Crippen LogP contribution in [0.15, 0.2) is 59.6 Å². The van der Waals surface area contributed by atoms with E-state index in [0.717, 1.165) is 15.9 Å². The molecule has 1 aromatic heterocycles. The minimum Gasteiger partial charge on any atom is -0.350 e. The van der Waals surface area contributed by atoms with Crippen LogP contribution in [-0.4, -0.2) is 16.5 Å². The number of H-pyrrole nitrogens is 1. The normalized spacial score (nSPS) is 10.4. The van der Waals surface area contributed by atoms with Gasteiger partial charge in [-0.15, -0.1) is 11.8 Å². The van der Waals surface area contributed by atoms with E-state index in [0.29, 0.717) is 16.9 Å². The topological polar surface area (TPSA) is 56.6 Å². The Morgan fingerprint density at radius 2 is 1.90 bits per heavy atom. The molecule has 21 heavy (non-hydrogen) atoms. The Hall–Kier alpha value is -2.51. The van der Waals surface area contributed by atoms with E-state index in [1.807, 2.05) is 36.4 Å². The molecule has 2 aromatic carbocycles. The van der Waals surface area contributed by atoms with Gasteiger partial charge in [-0.2, -0.15) is 5.26 Å². The van der Waals surface area contributed by atoms with Gasteiger partial charge in [-0.1, -0.05) is 30.3 Å². The molecule has 0 aliphatic heterocycles. The molecule has 0 spiro atoms. The van der Waals surface area contributed by atoms with Crippen LogP contribution in [-0.2, 0) is 0 Å². The van der Waals surface area contributed by atoms with Crippen LogP contribution >= 0.6 is 11.8 Å². The Bertz CT molecular complexity index is 795. The first-order valence-electron chi connectivity index (χ1n) is 6.50. The van der Waals surface area contributed by atoms with E-state index in [2.05, 4.69) is 4.98 Å². The minimum atomic E-state index is 0.0585. The predicted molar refractivity (Wildman–Crippen MR) is 84.5 cm³/mol. The van der Waals surface area contributed by atoms with Crippen LogP contribution in [0.3, 0.4) is 0 Å². The molecule has 0 saturated heterocycles. The minimum absolute atomic E-state index is 0.0585. The van der Waals surface area contributed by atoms with Gasteiger partial charge in [-0.3, -0.25) is 4.79 Å². The predicted octanol–water partition coefficient (Wildman–Crippen LogP) is 4.01. The Morgan fingerprint density at radius 3 is 2.62 bits per heavy atom. The number of Topliss-reactive ketones (excluding diaryl/α,β-unsaturated/α-hetero) is 1. The van der Waals surface area contributed by atoms with Crippen LogP contribution in [0.5, 0.6) is 0 Å². The molecule has 3 nitrogen and oxygen atoms in total. The fraction of sp³-hybridized carbons (Fsp3) is 0.0588. The number of para-hydroxylation sites is 1. The maximum atomic E-state index is 12.1. The molecular formula is C17H12N2OS. The molecule has 3 rings (SSSR count). The van der Waals surface area contributed by atoms with E-state index in [1.165, 1.54) is 11.8 Å². The number of thioether (sulfide) groups is 1. The number of carbonyl (C=O) groups is 1. The number of benzene rings is 2. The first kappa shape index (κ1) is 13.5. The quantitative estimate of drug-likeness (QED) is 0.584. The molecule has 0 bridgehead atoms. The second-order valence-corrected chi connectivity index (χ2v) is 5.64. The highest BCUT2D eigenvalue weighted by Crippen LogP contribution is 2.23. The number of aromatic amines is 1. The maximum absolute atomic E-state index is 12.1. The van der Waals surface area contributed by atoms with Crippen LogP contribution in [0.1, 0.15) is 15.9 Å². The van der Waals surface area contributed by atoms with Crippen LogP contribution in [0.4, 0.5) is 0 Å². The first-order chi connectivity index (χ1) is 10.3. The number of hydrogen-bond acceptors (Lipinski definition) is 3. The number of nitrogens with one attached hydrogen (secondary N) is 1. The third-order valence-electron chi connectivity index (χ3n) is 3.20. The van der Waals surface area contributed by atoms with Crippen molar-refractivity contribution in [2.45, 2.75) is 5.03 Å². The largest absolute Gasteiger partial charge is 0.350 e. The highest BCUT2D eigenvalue weighted by Gasteiger charge is 2.08. The van der Waals surface area contributed by atoms with E-state index in [1.54, 1.807) is 24.3 Å². The fourth-order valence-electron chi connectivity index (χ4n) is 2.08. The van der Waals surface area contributed by atoms with Crippen LogP contribution in [0.25, 0.3) is 10.9 Å². The molecule has 0 unspecified atom stereocenters. The van der Waals surface area contributed by atoms with E-state index < -0.39 is 0 Å². The molecule has 0 fully saturated rings. The van der Waals surface area contributed by atoms with Crippen LogP contribution in [0, 0.1) is 11.3 Å². The van der Waals surface area contributed by atoms with E-state index in [4.69, 9.17) is 5.26 Å². The Labute approximate surface area is 126 Å². The SMILES string of the molecule is N#Cc1ccc(C(=O)CSc2cc3ccccc3[nH]2)cc1. The lowest BCUT2D eigenvalue weighted by atomic mass is 10.1. The fourth-order valence-corrected chi connectivity index (χ4v) is 2.93. The Kier molecular flexibility index (Phi) is 3.76. The summed E-state index contributed by atoms with van der Waals surface area (Å²) in [6.45, 7) is 0. The van der Waals surface area contributed by atoms with Gasteiger partial charge in [0.2, 0.25) is 0 Å². The average molecular weight is 292 g/mol. The van der Waals surface area contributed by atoms with E-state index in [-0.39, 0.29) is 5.78 Å². The van der Waals surface area contributed by atoms with Crippen molar-refractivity contribution in [3.63, 3.8) is 0 Å². The summed E-state index contributed by atoms with van der Waals surface area (Å²) in [4.78, 5) is 15.4. The number of carbonyl (C=O) groups excluding carboxylic acids is 1. The summed E-state index contributed by atoms with van der Waals surface area (Å²) in [6, 6.07) is 18.9. The number of ketones is 1. The van der Waals surface area contributed by atoms with Crippen molar-refractivity contribution in [2.75, 3.05) is 5.75 Å². The lowest BCUT2D eigenvalue weighted by Gasteiger charge is -2.00. The molecule has 102 valence electrons. The molecular weight excluding hydrogens is 280 g/mol. The van der Waals surface area contributed by atoms with Crippen molar-refractivity contribution in [3.8, 4) is 6.07 Å². The van der Waals surface area contributed by atoms with Gasteiger partial charge in [-0.25, -0.2) is 0 Å². The highest BCUT2D eigenvalue weighted by atomic mass is 32.2. The zero-order valence-corrected chi connectivity index (χ0v) is 12.0. The molecule has 0 amide bonds. The highest BCUT2D eigenvalue weighted by molar-refractivity contribution is 7.99. The van der Waals surface area contributed by atoms with Gasteiger partial charge in [0.1, 0.15) is 0 Å². The van der Waals surface area contributed by atoms with Crippen molar-refractivity contribution < 1.29 is 4.79 Å². The van der Waals surface area contributed by atoms with Crippen molar-refractivity contribution >= 4 is 28.4 Å². The zero-order valence-electron chi connectivity index (χ0n) is 11.2. The molecule has 4 heteroatoms. The molecule has 3 aromatic rings. The number of nitriles is 1. The van der Waals surface area contributed by atoms with Gasteiger partial charge in [0.15, 0.2) is 5.78 Å². The maximum Gasteiger partial charge on any atom is 0.173 e. The van der Waals surface area contributed by atoms with Gasteiger partial charge in [0.25, 0.3) is 0 Å². The second-order valence-electron chi connectivity index (χ2n) is 4.62. The summed E-state index contributed by atoms with van der Waals surface area (Å²) < 4.78 is 0. The molecule has 0 radical (unpaired) electrons. The zero-order chi connectivity index (χ0) is 14.7. The van der Waals surface area contributed by atoms with Gasteiger partial charge in [0, 0.05) is 16.5 Å². The summed E-state index contributed by atoms with van der Waals surface area (Å²) in [5.41, 5.74) is 2.28. The second kappa shape index (κ2) is 5.86. The number of rotatable bonds is 4. The summed E-state index contributed by atoms with van der Waals surface area (Å²) >= 11 is 1.49. The van der Waals surface area contributed by atoms with E-state index in [9.17, 15) is 4.79 Å². The number of hydrogen-bond donors (Lipinski definition) is 1. The third kappa shape index (κ3) is 2.99. The summed E-state index contributed by atoms with van der Waals surface area (Å²) in [6.07, 6.45) is 0. The molecule has 1 N–H and O–H groups in total. The Balaban J connectivity index is 1.68. The van der Waals surface area contributed by atoms with Gasteiger partial charge in [-0.05, 0) is 24.3 Å². The van der Waals surface area contributed by atoms with Gasteiger partial charge < -0.3 is 4.98 Å². The third-order valence-corrected chi connectivity index (χ3v) is 4.14. The van der Waals surface area contributed by atoms with Crippen molar-refractivity contribution in [2.24, 2.45) is 0 Å². The summed E-state index contributed by atoms with van der Waals surface area (Å²) in [7, 11) is 0. The van der Waals surface area contributed by atoms with Crippen LogP contribution < -0.4 is 0 Å². The van der Waals surface area contributed by atoms with Gasteiger partial charge >= 0.3 is 0 Å². The summed E-state index contributed by atoms with van der Waals surface area (Å²) in [5.74, 6) is 0.432. The Morgan fingerprint density at radius 1 is 1.14 bits per heavy atom. The van der Waals surface area contributed by atoms with Crippen molar-refractivity contribution in [3.05, 3.63) is 65.7 Å². The lowest BCUT2D eigenvalue weighted by molar-refractivity contribution is 0.102. The summed E-state index contributed by atoms with van der Waals surface area (Å²) in [5, 5.41) is 10.9. The number of nitrogens with zero attached hydrogens (tertiary/aromatic N) is 1. The monoisotopic (exact) mass is 292 g/mol. The molecule has 0 saturated carbocycles. The van der Waals surface area contributed by atoms with Crippen LogP contribution in [0.2, 0.25) is 0 Å². The first-order valence-corrected chi connectivity index (χ1v) is 7.49. The van der Waals surface area contributed by atoms with Gasteiger partial charge in [0.05, 0.1) is 22.4 Å². The average Bonchev–Trinajstić information content (AvgIpc) is 2.95. The molecule has 1 heterocycles. The van der Waals surface area contributed by atoms with Crippen molar-refractivity contribution in [1.29, 1.82) is 5.26 Å². The molecule has 0 aliphatic carbocycles. The number of fused-ring (bicyclic) bond motifs is 1. The lowest BCUT2D eigenvalue weighted by Crippen LogP contribution is -2.02.